The number of rotatable bonds is 2. The summed E-state index contributed by atoms with van der Waals surface area (Å²) in [7, 11) is -3.68. The van der Waals surface area contributed by atoms with Gasteiger partial charge in [-0.2, -0.15) is 0 Å². The van der Waals surface area contributed by atoms with Crippen molar-refractivity contribution < 1.29 is 12.9 Å². The van der Waals surface area contributed by atoms with Crippen LogP contribution in [0, 0.1) is 33.6 Å². The lowest BCUT2D eigenvalue weighted by Crippen LogP contribution is -2.39. The van der Waals surface area contributed by atoms with Crippen LogP contribution in [0.3, 0.4) is 0 Å². The predicted octanol–water partition coefficient (Wildman–Crippen LogP) is 3.30. The fourth-order valence-electron chi connectivity index (χ4n) is 3.26. The first-order valence-corrected chi connectivity index (χ1v) is 9.21. The van der Waals surface area contributed by atoms with Crippen molar-refractivity contribution >= 4 is 15.7 Å². The Bertz CT molecular complexity index is 849. The van der Waals surface area contributed by atoms with Gasteiger partial charge in [0.25, 0.3) is 10.0 Å². The monoisotopic (exact) mass is 334 g/mol. The Hall–Kier alpha value is -1.82. The van der Waals surface area contributed by atoms with Crippen molar-refractivity contribution in [2.45, 2.75) is 45.9 Å². The molecule has 1 aromatic heterocycles. The molecule has 124 valence electrons. The van der Waals surface area contributed by atoms with Crippen molar-refractivity contribution in [3.8, 4) is 0 Å². The van der Waals surface area contributed by atoms with Gasteiger partial charge in [-0.25, -0.2) is 8.42 Å². The van der Waals surface area contributed by atoms with E-state index in [2.05, 4.69) is 25.1 Å². The van der Waals surface area contributed by atoms with Gasteiger partial charge in [0.15, 0.2) is 10.7 Å². The average molecular weight is 334 g/mol. The summed E-state index contributed by atoms with van der Waals surface area (Å²) in [6, 6.07) is 4.09. The van der Waals surface area contributed by atoms with Crippen molar-refractivity contribution in [3.63, 3.8) is 0 Å². The fraction of sp³-hybridized carbons (Fsp3) is 0.471. The molecule has 1 atom stereocenters. The Morgan fingerprint density at radius 3 is 2.43 bits per heavy atom. The maximum atomic E-state index is 13.2. The largest absolute Gasteiger partial charge is 0.360 e. The number of aryl methyl sites for hydroxylation is 4. The molecule has 5 nitrogen and oxygen atoms in total. The average Bonchev–Trinajstić information content (AvgIpc) is 2.79. The zero-order valence-corrected chi connectivity index (χ0v) is 15.0. The Morgan fingerprint density at radius 2 is 1.83 bits per heavy atom. The highest BCUT2D eigenvalue weighted by molar-refractivity contribution is 7.93. The van der Waals surface area contributed by atoms with Crippen molar-refractivity contribution in [2.24, 2.45) is 5.92 Å². The van der Waals surface area contributed by atoms with E-state index >= 15 is 0 Å². The molecule has 23 heavy (non-hydrogen) atoms. The number of benzene rings is 1. The van der Waals surface area contributed by atoms with Crippen molar-refractivity contribution in [2.75, 3.05) is 10.8 Å². The highest BCUT2D eigenvalue weighted by Gasteiger charge is 2.35. The molecule has 0 N–H and O–H groups in total. The molecule has 0 fully saturated rings. The molecule has 0 saturated heterocycles. The van der Waals surface area contributed by atoms with Crippen LogP contribution < -0.4 is 4.31 Å². The lowest BCUT2D eigenvalue weighted by Gasteiger charge is -2.34. The molecule has 0 saturated carbocycles. The van der Waals surface area contributed by atoms with E-state index in [1.807, 2.05) is 13.0 Å². The van der Waals surface area contributed by atoms with Gasteiger partial charge in [-0.1, -0.05) is 18.1 Å². The molecule has 0 bridgehead atoms. The van der Waals surface area contributed by atoms with Crippen LogP contribution in [0.1, 0.15) is 35.1 Å². The second-order valence-electron chi connectivity index (χ2n) is 6.56. The van der Waals surface area contributed by atoms with E-state index in [4.69, 9.17) is 4.52 Å². The molecule has 0 amide bonds. The summed E-state index contributed by atoms with van der Waals surface area (Å²) >= 11 is 0. The third kappa shape index (κ3) is 2.55. The highest BCUT2D eigenvalue weighted by Crippen LogP contribution is 2.37. The molecule has 1 aliphatic rings. The van der Waals surface area contributed by atoms with Gasteiger partial charge in [-0.05, 0) is 62.8 Å². The third-order valence-electron chi connectivity index (χ3n) is 4.53. The highest BCUT2D eigenvalue weighted by atomic mass is 32.2. The molecule has 1 aliphatic heterocycles. The SMILES string of the molecule is Cc1cc2c(cc1C)N(S(=O)(=O)c1c(C)noc1C)CC(C)C2. The van der Waals surface area contributed by atoms with Crippen LogP contribution in [0.4, 0.5) is 5.69 Å². The Labute approximate surface area is 137 Å². The fourth-order valence-corrected chi connectivity index (χ4v) is 5.17. The van der Waals surface area contributed by atoms with Gasteiger partial charge in [0.1, 0.15) is 5.69 Å². The van der Waals surface area contributed by atoms with E-state index in [9.17, 15) is 8.42 Å². The van der Waals surface area contributed by atoms with Gasteiger partial charge in [0, 0.05) is 6.54 Å². The van der Waals surface area contributed by atoms with Crippen molar-refractivity contribution in [3.05, 3.63) is 40.3 Å². The van der Waals surface area contributed by atoms with Gasteiger partial charge in [-0.15, -0.1) is 0 Å². The standard InChI is InChI=1S/C17H22N2O3S/c1-10-6-15-7-11(2)12(3)8-16(15)19(9-10)23(20,21)17-13(4)18-22-14(17)5/h7-8,10H,6,9H2,1-5H3. The van der Waals surface area contributed by atoms with Crippen LogP contribution in [0.15, 0.2) is 21.6 Å². The van der Waals surface area contributed by atoms with E-state index in [1.165, 1.54) is 9.87 Å². The number of hydrogen-bond acceptors (Lipinski definition) is 4. The Balaban J connectivity index is 2.20. The minimum absolute atomic E-state index is 0.191. The van der Waals surface area contributed by atoms with E-state index < -0.39 is 10.0 Å². The molecule has 1 aromatic carbocycles. The second-order valence-corrected chi connectivity index (χ2v) is 8.36. The molecule has 2 aromatic rings. The number of hydrogen-bond donors (Lipinski definition) is 0. The summed E-state index contributed by atoms with van der Waals surface area (Å²) in [5, 5.41) is 3.80. The van der Waals surface area contributed by atoms with Crippen molar-refractivity contribution in [1.82, 2.24) is 5.16 Å². The summed E-state index contributed by atoms with van der Waals surface area (Å²) in [6.07, 6.45) is 0.893. The van der Waals surface area contributed by atoms with Crippen LogP contribution in [0.25, 0.3) is 0 Å². The summed E-state index contributed by atoms with van der Waals surface area (Å²) in [5.74, 6) is 0.603. The lowest BCUT2D eigenvalue weighted by molar-refractivity contribution is 0.390. The van der Waals surface area contributed by atoms with Crippen molar-refractivity contribution in [1.29, 1.82) is 0 Å². The van der Waals surface area contributed by atoms with E-state index in [-0.39, 0.29) is 10.8 Å². The zero-order chi connectivity index (χ0) is 16.9. The molecule has 3 rings (SSSR count). The molecular formula is C17H22N2O3S. The number of nitrogens with zero attached hydrogens (tertiary/aromatic N) is 2. The van der Waals surface area contributed by atoms with Gasteiger partial charge in [0.2, 0.25) is 0 Å². The minimum Gasteiger partial charge on any atom is -0.360 e. The maximum absolute atomic E-state index is 13.2. The van der Waals surface area contributed by atoms with E-state index in [1.54, 1.807) is 13.8 Å². The first kappa shape index (κ1) is 16.1. The number of fused-ring (bicyclic) bond motifs is 1. The molecule has 0 aliphatic carbocycles. The normalized spacial score (nSPS) is 18.1. The molecule has 1 unspecified atom stereocenters. The molecular weight excluding hydrogens is 312 g/mol. The topological polar surface area (TPSA) is 63.4 Å². The first-order chi connectivity index (χ1) is 10.7. The third-order valence-corrected chi connectivity index (χ3v) is 6.55. The number of anilines is 1. The molecule has 0 radical (unpaired) electrons. The minimum atomic E-state index is -3.68. The first-order valence-electron chi connectivity index (χ1n) is 7.77. The molecule has 6 heteroatoms. The molecule has 0 spiro atoms. The Morgan fingerprint density at radius 1 is 1.17 bits per heavy atom. The second kappa shape index (κ2) is 5.37. The zero-order valence-electron chi connectivity index (χ0n) is 14.2. The quantitative estimate of drug-likeness (QED) is 0.845. The van der Waals surface area contributed by atoms with Gasteiger partial charge >= 0.3 is 0 Å². The summed E-state index contributed by atoms with van der Waals surface area (Å²) in [5.41, 5.74) is 4.56. The summed E-state index contributed by atoms with van der Waals surface area (Å²) in [6.45, 7) is 9.92. The summed E-state index contributed by atoms with van der Waals surface area (Å²) < 4.78 is 33.0. The number of aromatic nitrogens is 1. The lowest BCUT2D eigenvalue weighted by atomic mass is 9.92. The maximum Gasteiger partial charge on any atom is 0.269 e. The van der Waals surface area contributed by atoms with E-state index in [0.29, 0.717) is 18.0 Å². The van der Waals surface area contributed by atoms with Gasteiger partial charge in [-0.3, -0.25) is 4.31 Å². The van der Waals surface area contributed by atoms with Crippen LogP contribution in [0.2, 0.25) is 0 Å². The summed E-state index contributed by atoms with van der Waals surface area (Å²) in [4.78, 5) is 0.191. The Kier molecular flexibility index (Phi) is 3.75. The number of sulfonamides is 1. The smallest absolute Gasteiger partial charge is 0.269 e. The van der Waals surface area contributed by atoms with Gasteiger partial charge < -0.3 is 4.52 Å². The van der Waals surface area contributed by atoms with Crippen LogP contribution in [-0.4, -0.2) is 20.1 Å². The van der Waals surface area contributed by atoms with Gasteiger partial charge in [0.05, 0.1) is 5.69 Å². The molecule has 2 heterocycles. The van der Waals surface area contributed by atoms with Crippen LogP contribution in [-0.2, 0) is 16.4 Å². The van der Waals surface area contributed by atoms with Crippen LogP contribution >= 0.6 is 0 Å². The van der Waals surface area contributed by atoms with Crippen LogP contribution in [0.5, 0.6) is 0 Å². The van der Waals surface area contributed by atoms with E-state index in [0.717, 1.165) is 23.2 Å². The predicted molar refractivity (Wildman–Crippen MR) is 89.3 cm³/mol.